The molecule has 0 aliphatic rings. The number of hydrogen-bond donors (Lipinski definition) is 1. The summed E-state index contributed by atoms with van der Waals surface area (Å²) in [6, 6.07) is 19.1. The van der Waals surface area contributed by atoms with Crippen LogP contribution in [0.15, 0.2) is 54.6 Å². The van der Waals surface area contributed by atoms with Crippen LogP contribution in [0.1, 0.15) is 12.5 Å². The highest BCUT2D eigenvalue weighted by atomic mass is 16.5. The number of nitrogen functional groups attached to an aromatic ring is 1. The Kier molecular flexibility index (Phi) is 5.04. The number of nitrogens with two attached hydrogens (primary N) is 1. The zero-order valence-electron chi connectivity index (χ0n) is 14.7. The van der Waals surface area contributed by atoms with E-state index in [1.54, 1.807) is 0 Å². The van der Waals surface area contributed by atoms with Crippen LogP contribution in [0.2, 0.25) is 0 Å². The van der Waals surface area contributed by atoms with Crippen LogP contribution in [-0.2, 0) is 0 Å². The second-order valence-electron chi connectivity index (χ2n) is 5.63. The molecular weight excluding hydrogens is 326 g/mol. The van der Waals surface area contributed by atoms with Crippen molar-refractivity contribution in [2.45, 2.75) is 6.92 Å². The largest absolute Gasteiger partial charge is 0.494 e. The quantitative estimate of drug-likeness (QED) is 0.698. The number of methoxy groups -OCH3 is 1. The summed E-state index contributed by atoms with van der Waals surface area (Å²) in [7, 11) is 1.51. The maximum Gasteiger partial charge on any atom is 0.232 e. The van der Waals surface area contributed by atoms with E-state index in [1.807, 2.05) is 61.5 Å². The van der Waals surface area contributed by atoms with Gasteiger partial charge in [0.2, 0.25) is 5.88 Å². The fourth-order valence-corrected chi connectivity index (χ4v) is 2.70. The summed E-state index contributed by atoms with van der Waals surface area (Å²) >= 11 is 0. The van der Waals surface area contributed by atoms with E-state index in [0.29, 0.717) is 29.4 Å². The average Bonchev–Trinajstić information content (AvgIpc) is 2.68. The number of nitrogens with zero attached hydrogens (tertiary/aromatic N) is 2. The van der Waals surface area contributed by atoms with Crippen LogP contribution in [-0.4, -0.2) is 18.7 Å². The van der Waals surface area contributed by atoms with E-state index >= 15 is 0 Å². The maximum atomic E-state index is 9.62. The number of rotatable bonds is 5. The minimum absolute atomic E-state index is 0.297. The molecule has 26 heavy (non-hydrogen) atoms. The van der Waals surface area contributed by atoms with Crippen molar-refractivity contribution in [3.63, 3.8) is 0 Å². The van der Waals surface area contributed by atoms with Crippen LogP contribution < -0.4 is 15.2 Å². The molecule has 2 aromatic carbocycles. The molecule has 5 nitrogen and oxygen atoms in total. The summed E-state index contributed by atoms with van der Waals surface area (Å²) in [5.74, 6) is 1.08. The zero-order valence-corrected chi connectivity index (χ0v) is 14.7. The molecule has 130 valence electrons. The molecule has 0 atom stereocenters. The van der Waals surface area contributed by atoms with Gasteiger partial charge in [0.25, 0.3) is 0 Å². The van der Waals surface area contributed by atoms with E-state index in [1.165, 1.54) is 7.11 Å². The molecule has 1 heterocycles. The molecule has 0 saturated carbocycles. The van der Waals surface area contributed by atoms with Gasteiger partial charge < -0.3 is 15.2 Å². The third-order valence-electron chi connectivity index (χ3n) is 3.97. The van der Waals surface area contributed by atoms with E-state index < -0.39 is 0 Å². The number of hydrogen-bond acceptors (Lipinski definition) is 5. The lowest BCUT2D eigenvalue weighted by Gasteiger charge is -2.12. The third kappa shape index (κ3) is 3.45. The van der Waals surface area contributed by atoms with Crippen LogP contribution in [0.4, 0.5) is 5.69 Å². The molecule has 0 fully saturated rings. The minimum Gasteiger partial charge on any atom is -0.494 e. The van der Waals surface area contributed by atoms with Crippen molar-refractivity contribution >= 4 is 5.69 Å². The van der Waals surface area contributed by atoms with Gasteiger partial charge in [-0.25, -0.2) is 4.98 Å². The molecule has 2 N–H and O–H groups in total. The molecule has 3 rings (SSSR count). The predicted molar refractivity (Wildman–Crippen MR) is 102 cm³/mol. The SMILES string of the molecule is CCOc1ccc(-c2cc(-c3ccc(N)cc3)nc(OC)c2C#N)cc1. The number of pyridine rings is 1. The molecule has 3 aromatic rings. The molecule has 1 aromatic heterocycles. The van der Waals surface area contributed by atoms with Crippen LogP contribution in [0.3, 0.4) is 0 Å². The third-order valence-corrected chi connectivity index (χ3v) is 3.97. The first-order chi connectivity index (χ1) is 12.7. The van der Waals surface area contributed by atoms with Crippen molar-refractivity contribution in [1.29, 1.82) is 5.26 Å². The van der Waals surface area contributed by atoms with Gasteiger partial charge in [0.15, 0.2) is 0 Å². The summed E-state index contributed by atoms with van der Waals surface area (Å²) in [5, 5.41) is 9.62. The second-order valence-corrected chi connectivity index (χ2v) is 5.63. The minimum atomic E-state index is 0.297. The zero-order chi connectivity index (χ0) is 18.5. The van der Waals surface area contributed by atoms with Crippen LogP contribution in [0, 0.1) is 11.3 Å². The van der Waals surface area contributed by atoms with Gasteiger partial charge in [-0.3, -0.25) is 0 Å². The van der Waals surface area contributed by atoms with Crippen molar-refractivity contribution in [2.24, 2.45) is 0 Å². The molecule has 0 radical (unpaired) electrons. The van der Waals surface area contributed by atoms with Crippen molar-refractivity contribution in [2.75, 3.05) is 19.5 Å². The Bertz CT molecular complexity index is 943. The lowest BCUT2D eigenvalue weighted by atomic mass is 9.98. The molecule has 0 aliphatic heterocycles. The Labute approximate surface area is 152 Å². The predicted octanol–water partition coefficient (Wildman–Crippen LogP) is 4.28. The van der Waals surface area contributed by atoms with Crippen molar-refractivity contribution in [1.82, 2.24) is 4.98 Å². The fourth-order valence-electron chi connectivity index (χ4n) is 2.70. The number of ether oxygens (including phenoxy) is 2. The van der Waals surface area contributed by atoms with E-state index in [-0.39, 0.29) is 0 Å². The number of benzene rings is 2. The van der Waals surface area contributed by atoms with E-state index in [2.05, 4.69) is 11.1 Å². The summed E-state index contributed by atoms with van der Waals surface area (Å²) in [4.78, 5) is 4.48. The molecule has 0 aliphatic carbocycles. The van der Waals surface area contributed by atoms with Crippen molar-refractivity contribution in [3.05, 3.63) is 60.2 Å². The standard InChI is InChI=1S/C21H19N3O2/c1-3-26-17-10-6-14(7-11-17)18-12-20(15-4-8-16(23)9-5-15)24-21(25-2)19(18)13-22/h4-12H,3,23H2,1-2H3. The highest BCUT2D eigenvalue weighted by Gasteiger charge is 2.16. The Balaban J connectivity index is 2.14. The summed E-state index contributed by atoms with van der Waals surface area (Å²) in [6.07, 6.45) is 0. The molecular formula is C21H19N3O2. The molecule has 5 heteroatoms. The van der Waals surface area contributed by atoms with Gasteiger partial charge in [-0.2, -0.15) is 5.26 Å². The average molecular weight is 345 g/mol. The molecule has 0 unspecified atom stereocenters. The highest BCUT2D eigenvalue weighted by molar-refractivity contribution is 5.78. The van der Waals surface area contributed by atoms with Crippen LogP contribution >= 0.6 is 0 Å². The number of aromatic nitrogens is 1. The smallest absolute Gasteiger partial charge is 0.232 e. The normalized spacial score (nSPS) is 10.2. The second kappa shape index (κ2) is 7.58. The van der Waals surface area contributed by atoms with Gasteiger partial charge in [-0.15, -0.1) is 0 Å². The molecule has 0 saturated heterocycles. The number of anilines is 1. The first kappa shape index (κ1) is 17.3. The lowest BCUT2D eigenvalue weighted by molar-refractivity contribution is 0.340. The first-order valence-corrected chi connectivity index (χ1v) is 8.24. The van der Waals surface area contributed by atoms with E-state index in [0.717, 1.165) is 22.4 Å². The van der Waals surface area contributed by atoms with Crippen LogP contribution in [0.5, 0.6) is 11.6 Å². The highest BCUT2D eigenvalue weighted by Crippen LogP contribution is 2.34. The molecule has 0 spiro atoms. The van der Waals surface area contributed by atoms with Gasteiger partial charge in [-0.05, 0) is 42.8 Å². The van der Waals surface area contributed by atoms with Gasteiger partial charge >= 0.3 is 0 Å². The van der Waals surface area contributed by atoms with E-state index in [4.69, 9.17) is 15.2 Å². The van der Waals surface area contributed by atoms with Gasteiger partial charge in [0.05, 0.1) is 19.4 Å². The molecule has 0 amide bonds. The maximum absolute atomic E-state index is 9.62. The summed E-state index contributed by atoms with van der Waals surface area (Å²) in [5.41, 5.74) is 10.1. The van der Waals surface area contributed by atoms with E-state index in [9.17, 15) is 5.26 Å². The van der Waals surface area contributed by atoms with Crippen molar-refractivity contribution < 1.29 is 9.47 Å². The first-order valence-electron chi connectivity index (χ1n) is 8.24. The molecule has 0 bridgehead atoms. The van der Waals surface area contributed by atoms with Crippen molar-refractivity contribution in [3.8, 4) is 40.1 Å². The van der Waals surface area contributed by atoms with Crippen LogP contribution in [0.25, 0.3) is 22.4 Å². The van der Waals surface area contributed by atoms with Gasteiger partial charge in [-0.1, -0.05) is 24.3 Å². The lowest BCUT2D eigenvalue weighted by Crippen LogP contribution is -1.98. The van der Waals surface area contributed by atoms with Gasteiger partial charge in [0, 0.05) is 16.8 Å². The van der Waals surface area contributed by atoms with Gasteiger partial charge in [0.1, 0.15) is 17.4 Å². The monoisotopic (exact) mass is 345 g/mol. The Hall–Kier alpha value is -3.52. The summed E-state index contributed by atoms with van der Waals surface area (Å²) < 4.78 is 10.9. The number of nitriles is 1. The Morgan fingerprint density at radius 1 is 1.04 bits per heavy atom. The Morgan fingerprint density at radius 2 is 1.69 bits per heavy atom. The summed E-state index contributed by atoms with van der Waals surface area (Å²) in [6.45, 7) is 2.54. The fraction of sp³-hybridized carbons (Fsp3) is 0.143. The topological polar surface area (TPSA) is 81.2 Å². The Morgan fingerprint density at radius 3 is 2.27 bits per heavy atom.